The largest absolute Gasteiger partial charge is 0.478 e. The third-order valence-electron chi connectivity index (χ3n) is 3.88. The molecular weight excluding hydrogens is 406 g/mol. The molecule has 0 aliphatic carbocycles. The van der Waals surface area contributed by atoms with Crippen LogP contribution in [0.3, 0.4) is 0 Å². The van der Waals surface area contributed by atoms with Crippen molar-refractivity contribution in [2.75, 3.05) is 6.61 Å². The lowest BCUT2D eigenvalue weighted by molar-refractivity contribution is -0.123. The predicted molar refractivity (Wildman–Crippen MR) is 104 cm³/mol. The minimum Gasteiger partial charge on any atom is -0.478 e. The molecule has 1 heterocycles. The lowest BCUT2D eigenvalue weighted by Gasteiger charge is -2.12. The molecule has 142 valence electrons. The minimum absolute atomic E-state index is 0.000571. The Morgan fingerprint density at radius 1 is 1.21 bits per heavy atom. The Labute approximate surface area is 170 Å². The van der Waals surface area contributed by atoms with Crippen LogP contribution in [0, 0.1) is 18.2 Å². The van der Waals surface area contributed by atoms with E-state index in [0.29, 0.717) is 5.56 Å². The van der Waals surface area contributed by atoms with Gasteiger partial charge in [0.15, 0.2) is 5.75 Å². The summed E-state index contributed by atoms with van der Waals surface area (Å²) in [6.07, 6.45) is 6.57. The molecule has 2 aromatic carbocycles. The lowest BCUT2D eigenvalue weighted by Crippen LogP contribution is -2.30. The van der Waals surface area contributed by atoms with Crippen LogP contribution in [0.4, 0.5) is 9.18 Å². The summed E-state index contributed by atoms with van der Waals surface area (Å²) in [6.45, 7) is -0.186. The summed E-state index contributed by atoms with van der Waals surface area (Å²) in [7, 11) is 0. The number of hydrogen-bond acceptors (Lipinski definition) is 3. The van der Waals surface area contributed by atoms with E-state index >= 15 is 0 Å². The Morgan fingerprint density at radius 2 is 1.89 bits per heavy atom. The van der Waals surface area contributed by atoms with Crippen LogP contribution >= 0.6 is 23.2 Å². The van der Waals surface area contributed by atoms with E-state index in [2.05, 4.69) is 11.2 Å². The van der Waals surface area contributed by atoms with E-state index in [1.807, 2.05) is 0 Å². The van der Waals surface area contributed by atoms with Crippen molar-refractivity contribution in [2.45, 2.75) is 6.54 Å². The fourth-order valence-electron chi connectivity index (χ4n) is 2.59. The number of halogens is 3. The summed E-state index contributed by atoms with van der Waals surface area (Å²) in [5.41, 5.74) is 0.721. The summed E-state index contributed by atoms with van der Waals surface area (Å²) in [4.78, 5) is 25.6. The van der Waals surface area contributed by atoms with Crippen LogP contribution in [-0.2, 0) is 11.3 Å². The first kappa shape index (κ1) is 19.7. The van der Waals surface area contributed by atoms with Gasteiger partial charge >= 0.3 is 6.03 Å². The molecule has 1 aliphatic heterocycles. The Kier molecular flexibility index (Phi) is 5.88. The number of nitrogens with zero attached hydrogens (tertiary/aromatic N) is 1. The maximum absolute atomic E-state index is 13.8. The Hall–Kier alpha value is -3.01. The molecule has 0 spiro atoms. The van der Waals surface area contributed by atoms with Crippen LogP contribution in [0.1, 0.15) is 11.1 Å². The van der Waals surface area contributed by atoms with Gasteiger partial charge in [0.05, 0.1) is 16.6 Å². The van der Waals surface area contributed by atoms with Gasteiger partial charge in [0.1, 0.15) is 18.1 Å². The predicted octanol–water partition coefficient (Wildman–Crippen LogP) is 4.24. The molecule has 0 bridgehead atoms. The maximum Gasteiger partial charge on any atom is 0.329 e. The zero-order chi connectivity index (χ0) is 20.3. The van der Waals surface area contributed by atoms with E-state index < -0.39 is 17.8 Å². The van der Waals surface area contributed by atoms with Gasteiger partial charge in [0, 0.05) is 5.56 Å². The smallest absolute Gasteiger partial charge is 0.329 e. The van der Waals surface area contributed by atoms with Crippen molar-refractivity contribution >= 4 is 41.2 Å². The number of urea groups is 1. The van der Waals surface area contributed by atoms with Crippen molar-refractivity contribution in [1.82, 2.24) is 10.2 Å². The molecule has 3 rings (SSSR count). The third kappa shape index (κ3) is 4.11. The number of nitrogens with one attached hydrogen (secondary N) is 1. The standard InChI is InChI=1S/C20H13Cl2FN2O3/c1-2-7-28-18-14(21)8-12(9-15(18)22)10-17-19(26)25(20(27)24-17)11-13-5-3-4-6-16(13)23/h1,3-6,8-10H,7,11H2,(H,24,27). The van der Waals surface area contributed by atoms with Crippen LogP contribution in [0.15, 0.2) is 42.1 Å². The minimum atomic E-state index is -0.648. The molecule has 0 radical (unpaired) electrons. The molecule has 1 aliphatic rings. The van der Waals surface area contributed by atoms with E-state index in [0.717, 1.165) is 4.90 Å². The monoisotopic (exact) mass is 418 g/mol. The molecule has 0 aromatic heterocycles. The first-order chi connectivity index (χ1) is 13.4. The van der Waals surface area contributed by atoms with E-state index in [9.17, 15) is 14.0 Å². The highest BCUT2D eigenvalue weighted by molar-refractivity contribution is 6.37. The van der Waals surface area contributed by atoms with E-state index in [1.165, 1.54) is 36.4 Å². The zero-order valence-electron chi connectivity index (χ0n) is 14.3. The average molecular weight is 419 g/mol. The molecule has 0 saturated carbocycles. The number of rotatable bonds is 5. The number of terminal acetylenes is 1. The van der Waals surface area contributed by atoms with E-state index in [-0.39, 0.29) is 40.2 Å². The molecule has 8 heteroatoms. The second kappa shape index (κ2) is 8.34. The SMILES string of the molecule is C#CCOc1c(Cl)cc(C=C2NC(=O)N(Cc3ccccc3F)C2=O)cc1Cl. The fourth-order valence-corrected chi connectivity index (χ4v) is 3.21. The molecule has 0 atom stereocenters. The highest BCUT2D eigenvalue weighted by Crippen LogP contribution is 2.35. The molecule has 5 nitrogen and oxygen atoms in total. The molecule has 3 amide bonds. The van der Waals surface area contributed by atoms with Gasteiger partial charge < -0.3 is 10.1 Å². The van der Waals surface area contributed by atoms with Gasteiger partial charge in [-0.3, -0.25) is 9.69 Å². The molecule has 1 fully saturated rings. The topological polar surface area (TPSA) is 58.6 Å². The van der Waals surface area contributed by atoms with Gasteiger partial charge in [-0.2, -0.15) is 0 Å². The Balaban J connectivity index is 1.84. The number of ether oxygens (including phenoxy) is 1. The second-order valence-electron chi connectivity index (χ2n) is 5.78. The van der Waals surface area contributed by atoms with Crippen molar-refractivity contribution in [3.05, 3.63) is 69.1 Å². The number of amides is 3. The fraction of sp³-hybridized carbons (Fsp3) is 0.100. The lowest BCUT2D eigenvalue weighted by atomic mass is 10.1. The van der Waals surface area contributed by atoms with Gasteiger partial charge in [-0.1, -0.05) is 47.3 Å². The average Bonchev–Trinajstić information content (AvgIpc) is 2.90. The molecule has 2 aromatic rings. The quantitative estimate of drug-likeness (QED) is 0.448. The summed E-state index contributed by atoms with van der Waals surface area (Å²) < 4.78 is 19.1. The first-order valence-corrected chi connectivity index (χ1v) is 8.79. The molecular formula is C20H13Cl2FN2O3. The van der Waals surface area contributed by atoms with Gasteiger partial charge in [0.25, 0.3) is 5.91 Å². The maximum atomic E-state index is 13.8. The number of carbonyl (C=O) groups is 2. The summed E-state index contributed by atoms with van der Waals surface area (Å²) in [6, 6.07) is 8.31. The van der Waals surface area contributed by atoms with Crippen LogP contribution in [0.5, 0.6) is 5.75 Å². The molecule has 1 N–H and O–H groups in total. The summed E-state index contributed by atoms with van der Waals surface area (Å²) >= 11 is 12.3. The van der Waals surface area contributed by atoms with Crippen molar-refractivity contribution in [2.24, 2.45) is 0 Å². The summed E-state index contributed by atoms with van der Waals surface area (Å²) in [5, 5.41) is 2.87. The van der Waals surface area contributed by atoms with Crippen molar-refractivity contribution in [3.8, 4) is 18.1 Å². The van der Waals surface area contributed by atoms with Crippen molar-refractivity contribution in [3.63, 3.8) is 0 Å². The number of hydrogen-bond donors (Lipinski definition) is 1. The highest BCUT2D eigenvalue weighted by atomic mass is 35.5. The van der Waals surface area contributed by atoms with Crippen LogP contribution in [0.25, 0.3) is 6.08 Å². The number of imide groups is 1. The Bertz CT molecular complexity index is 1010. The van der Waals surface area contributed by atoms with E-state index in [1.54, 1.807) is 6.07 Å². The third-order valence-corrected chi connectivity index (χ3v) is 4.44. The van der Waals surface area contributed by atoms with Gasteiger partial charge in [-0.15, -0.1) is 6.42 Å². The summed E-state index contributed by atoms with van der Waals surface area (Å²) in [5.74, 6) is 1.45. The van der Waals surface area contributed by atoms with Gasteiger partial charge in [-0.25, -0.2) is 9.18 Å². The first-order valence-electron chi connectivity index (χ1n) is 8.04. The zero-order valence-corrected chi connectivity index (χ0v) is 15.9. The van der Waals surface area contributed by atoms with Gasteiger partial charge in [-0.05, 0) is 29.8 Å². The van der Waals surface area contributed by atoms with Crippen molar-refractivity contribution in [1.29, 1.82) is 0 Å². The van der Waals surface area contributed by atoms with Crippen LogP contribution in [-0.4, -0.2) is 23.4 Å². The van der Waals surface area contributed by atoms with E-state index in [4.69, 9.17) is 34.4 Å². The molecule has 28 heavy (non-hydrogen) atoms. The highest BCUT2D eigenvalue weighted by Gasteiger charge is 2.34. The van der Waals surface area contributed by atoms with Crippen molar-refractivity contribution < 1.29 is 18.7 Å². The normalized spacial score (nSPS) is 14.9. The number of carbonyl (C=O) groups excluding carboxylic acids is 2. The molecule has 0 unspecified atom stereocenters. The number of benzene rings is 2. The Morgan fingerprint density at radius 3 is 2.54 bits per heavy atom. The van der Waals surface area contributed by atoms with Gasteiger partial charge in [0.2, 0.25) is 0 Å². The second-order valence-corrected chi connectivity index (χ2v) is 6.59. The van der Waals surface area contributed by atoms with Crippen LogP contribution in [0.2, 0.25) is 10.0 Å². The molecule has 1 saturated heterocycles. The van der Waals surface area contributed by atoms with Crippen LogP contribution < -0.4 is 10.1 Å².